The number of ketones is 1. The van der Waals surface area contributed by atoms with E-state index < -0.39 is 18.0 Å². The Balaban J connectivity index is 1.33. The smallest absolute Gasteiger partial charge is 0.414 e. The molecule has 0 radical (unpaired) electrons. The van der Waals surface area contributed by atoms with E-state index in [0.717, 1.165) is 0 Å². The number of cyclic esters (lactones) is 1. The maximum Gasteiger partial charge on any atom is 0.414 e. The predicted molar refractivity (Wildman–Crippen MR) is 118 cm³/mol. The van der Waals surface area contributed by atoms with Crippen molar-refractivity contribution in [3.8, 4) is 0 Å². The summed E-state index contributed by atoms with van der Waals surface area (Å²) >= 11 is 1.35. The summed E-state index contributed by atoms with van der Waals surface area (Å²) in [5.41, 5.74) is 0.789. The summed E-state index contributed by atoms with van der Waals surface area (Å²) in [6.45, 7) is 2.34. The van der Waals surface area contributed by atoms with Gasteiger partial charge in [0, 0.05) is 25.9 Å². The summed E-state index contributed by atoms with van der Waals surface area (Å²) in [5, 5.41) is 4.53. The Morgan fingerprint density at radius 1 is 1.16 bits per heavy atom. The number of benzene rings is 1. The van der Waals surface area contributed by atoms with Crippen LogP contribution in [-0.2, 0) is 14.3 Å². The molecule has 2 aliphatic rings. The maximum absolute atomic E-state index is 14.7. The number of nitrogens with zero attached hydrogens (tertiary/aromatic N) is 2. The fraction of sp³-hybridized carbons (Fsp3) is 0.409. The van der Waals surface area contributed by atoms with Gasteiger partial charge in [-0.15, -0.1) is 11.3 Å². The SMILES string of the molecule is O=C(CCC(=O)c1cccs1)NCC1CN(c2cccc(F)c2N2CCOCC2)C(=O)O1. The molecule has 0 bridgehead atoms. The van der Waals surface area contributed by atoms with E-state index in [1.165, 1.54) is 22.3 Å². The third-order valence-electron chi connectivity index (χ3n) is 5.36. The Bertz CT molecular complexity index is 978. The van der Waals surface area contributed by atoms with E-state index in [1.54, 1.807) is 24.3 Å². The maximum atomic E-state index is 14.7. The molecule has 1 aromatic carbocycles. The molecule has 0 saturated carbocycles. The summed E-state index contributed by atoms with van der Waals surface area (Å²) in [5.74, 6) is -0.774. The van der Waals surface area contributed by atoms with E-state index in [0.29, 0.717) is 42.6 Å². The van der Waals surface area contributed by atoms with E-state index in [4.69, 9.17) is 9.47 Å². The Labute approximate surface area is 188 Å². The van der Waals surface area contributed by atoms with Crippen LogP contribution in [0.1, 0.15) is 22.5 Å². The molecule has 1 unspecified atom stereocenters. The molecule has 1 N–H and O–H groups in total. The number of carbonyl (C=O) groups is 3. The Morgan fingerprint density at radius 2 is 1.97 bits per heavy atom. The molecule has 0 spiro atoms. The van der Waals surface area contributed by atoms with Crippen LogP contribution in [0.4, 0.5) is 20.6 Å². The molecule has 4 rings (SSSR count). The third-order valence-corrected chi connectivity index (χ3v) is 6.27. The average molecular weight is 462 g/mol. The highest BCUT2D eigenvalue weighted by Gasteiger charge is 2.35. The predicted octanol–water partition coefficient (Wildman–Crippen LogP) is 2.83. The van der Waals surface area contributed by atoms with Gasteiger partial charge >= 0.3 is 6.09 Å². The van der Waals surface area contributed by atoms with Gasteiger partial charge in [-0.1, -0.05) is 12.1 Å². The van der Waals surface area contributed by atoms with Crippen molar-refractivity contribution in [1.82, 2.24) is 5.32 Å². The Hall–Kier alpha value is -2.98. The molecule has 3 heterocycles. The average Bonchev–Trinajstić information content (AvgIpc) is 3.46. The number of thiophene rings is 1. The zero-order chi connectivity index (χ0) is 22.5. The summed E-state index contributed by atoms with van der Waals surface area (Å²) in [6.07, 6.45) is -0.973. The number of carbonyl (C=O) groups excluding carboxylic acids is 3. The largest absolute Gasteiger partial charge is 0.442 e. The van der Waals surface area contributed by atoms with Crippen LogP contribution in [-0.4, -0.2) is 63.3 Å². The van der Waals surface area contributed by atoms with Crippen molar-refractivity contribution in [1.29, 1.82) is 0 Å². The van der Waals surface area contributed by atoms with Crippen LogP contribution in [0.2, 0.25) is 0 Å². The number of Topliss-reactive ketones (excluding diaryl/α,β-unsaturated/α-hetero) is 1. The monoisotopic (exact) mass is 461 g/mol. The number of rotatable bonds is 8. The molecular formula is C22H24FN3O5S. The molecule has 2 aliphatic heterocycles. The highest BCUT2D eigenvalue weighted by Crippen LogP contribution is 2.35. The van der Waals surface area contributed by atoms with Crippen molar-refractivity contribution in [3.63, 3.8) is 0 Å². The van der Waals surface area contributed by atoms with Crippen LogP contribution in [0.5, 0.6) is 0 Å². The molecular weight excluding hydrogens is 437 g/mol. The summed E-state index contributed by atoms with van der Waals surface area (Å²) in [4.78, 5) is 40.5. The number of nitrogens with one attached hydrogen (secondary N) is 1. The molecule has 1 atom stereocenters. The van der Waals surface area contributed by atoms with Crippen LogP contribution in [0.25, 0.3) is 0 Å². The molecule has 2 saturated heterocycles. The number of ether oxygens (including phenoxy) is 2. The second-order valence-corrected chi connectivity index (χ2v) is 8.48. The first kappa shape index (κ1) is 22.2. The Kier molecular flexibility index (Phi) is 7.01. The van der Waals surface area contributed by atoms with E-state index in [-0.39, 0.29) is 37.6 Å². The van der Waals surface area contributed by atoms with E-state index in [1.807, 2.05) is 10.3 Å². The van der Waals surface area contributed by atoms with Crippen molar-refractivity contribution in [2.24, 2.45) is 0 Å². The zero-order valence-corrected chi connectivity index (χ0v) is 18.2. The standard InChI is InChI=1S/C22H24FN3O5S/c23-16-3-1-4-17(21(16)25-8-10-30-11-9-25)26-14-15(31-22(26)29)13-24-20(28)7-6-18(27)19-5-2-12-32-19/h1-5,12,15H,6-11,13-14H2,(H,24,28). The lowest BCUT2D eigenvalue weighted by molar-refractivity contribution is -0.121. The Morgan fingerprint density at radius 3 is 2.72 bits per heavy atom. The number of halogens is 1. The number of hydrogen-bond acceptors (Lipinski definition) is 7. The van der Waals surface area contributed by atoms with Gasteiger partial charge in [-0.05, 0) is 23.6 Å². The first-order valence-corrected chi connectivity index (χ1v) is 11.3. The molecule has 32 heavy (non-hydrogen) atoms. The summed E-state index contributed by atoms with van der Waals surface area (Å²) in [6, 6.07) is 8.13. The summed E-state index contributed by atoms with van der Waals surface area (Å²) < 4.78 is 25.4. The first-order valence-electron chi connectivity index (χ1n) is 10.5. The fourth-order valence-electron chi connectivity index (χ4n) is 3.75. The van der Waals surface area contributed by atoms with Crippen LogP contribution in [0, 0.1) is 5.82 Å². The van der Waals surface area contributed by atoms with Crippen LogP contribution in [0.3, 0.4) is 0 Å². The van der Waals surface area contributed by atoms with E-state index in [2.05, 4.69) is 5.32 Å². The quantitative estimate of drug-likeness (QED) is 0.609. The minimum Gasteiger partial charge on any atom is -0.442 e. The van der Waals surface area contributed by atoms with Gasteiger partial charge in [0.2, 0.25) is 5.91 Å². The number of amides is 2. The van der Waals surface area contributed by atoms with Gasteiger partial charge in [0.1, 0.15) is 11.9 Å². The van der Waals surface area contributed by atoms with Gasteiger partial charge < -0.3 is 19.7 Å². The normalized spacial score (nSPS) is 18.5. The van der Waals surface area contributed by atoms with Crippen molar-refractivity contribution >= 4 is 40.5 Å². The molecule has 10 heteroatoms. The lowest BCUT2D eigenvalue weighted by Gasteiger charge is -2.32. The van der Waals surface area contributed by atoms with E-state index in [9.17, 15) is 18.8 Å². The van der Waals surface area contributed by atoms with Gasteiger partial charge in [-0.3, -0.25) is 14.5 Å². The van der Waals surface area contributed by atoms with Crippen molar-refractivity contribution in [3.05, 3.63) is 46.4 Å². The highest BCUT2D eigenvalue weighted by atomic mass is 32.1. The van der Waals surface area contributed by atoms with Gasteiger partial charge in [0.15, 0.2) is 5.78 Å². The number of morpholine rings is 1. The van der Waals surface area contributed by atoms with Crippen molar-refractivity contribution in [2.45, 2.75) is 18.9 Å². The molecule has 1 aromatic heterocycles. The van der Waals surface area contributed by atoms with E-state index >= 15 is 0 Å². The molecule has 8 nitrogen and oxygen atoms in total. The minimum absolute atomic E-state index is 0.0617. The second kappa shape index (κ2) is 10.1. The molecule has 2 amide bonds. The summed E-state index contributed by atoms with van der Waals surface area (Å²) in [7, 11) is 0. The van der Waals surface area contributed by atoms with Crippen molar-refractivity contribution in [2.75, 3.05) is 49.2 Å². The van der Waals surface area contributed by atoms with Crippen LogP contribution >= 0.6 is 11.3 Å². The number of anilines is 2. The van der Waals surface area contributed by atoms with Gasteiger partial charge in [0.25, 0.3) is 0 Å². The molecule has 170 valence electrons. The number of hydrogen-bond donors (Lipinski definition) is 1. The van der Waals surface area contributed by atoms with Gasteiger partial charge in [0.05, 0.1) is 42.6 Å². The lowest BCUT2D eigenvalue weighted by Crippen LogP contribution is -2.39. The highest BCUT2D eigenvalue weighted by molar-refractivity contribution is 7.12. The minimum atomic E-state index is -0.586. The van der Waals surface area contributed by atoms with Crippen molar-refractivity contribution < 1.29 is 28.2 Å². The lowest BCUT2D eigenvalue weighted by atomic mass is 10.2. The van der Waals surface area contributed by atoms with Gasteiger partial charge in [-0.25, -0.2) is 9.18 Å². The fourth-order valence-corrected chi connectivity index (χ4v) is 4.44. The topological polar surface area (TPSA) is 88.2 Å². The molecule has 0 aliphatic carbocycles. The molecule has 2 fully saturated rings. The molecule has 2 aromatic rings. The first-order chi connectivity index (χ1) is 15.5. The van der Waals surface area contributed by atoms with Gasteiger partial charge in [-0.2, -0.15) is 0 Å². The third kappa shape index (κ3) is 5.08. The van der Waals surface area contributed by atoms with Crippen LogP contribution in [0.15, 0.2) is 35.7 Å². The number of para-hydroxylation sites is 1. The zero-order valence-electron chi connectivity index (χ0n) is 17.4. The van der Waals surface area contributed by atoms with Crippen LogP contribution < -0.4 is 15.1 Å². The second-order valence-electron chi connectivity index (χ2n) is 7.53.